The number of nitrogens with zero attached hydrogens (tertiary/aromatic N) is 2. The molecule has 1 fully saturated rings. The third-order valence-electron chi connectivity index (χ3n) is 4.19. The van der Waals surface area contributed by atoms with Crippen LogP contribution in [0.25, 0.3) is 0 Å². The van der Waals surface area contributed by atoms with Crippen molar-refractivity contribution < 1.29 is 17.5 Å². The van der Waals surface area contributed by atoms with Crippen molar-refractivity contribution in [1.82, 2.24) is 14.7 Å². The Morgan fingerprint density at radius 3 is 2.46 bits per heavy atom. The van der Waals surface area contributed by atoms with Gasteiger partial charge in [0.2, 0.25) is 10.0 Å². The van der Waals surface area contributed by atoms with Crippen LogP contribution in [0.2, 0.25) is 5.02 Å². The summed E-state index contributed by atoms with van der Waals surface area (Å²) in [5.41, 5.74) is 0.164. The summed E-state index contributed by atoms with van der Waals surface area (Å²) >= 11 is 5.73. The van der Waals surface area contributed by atoms with Crippen LogP contribution < -0.4 is 9.46 Å². The van der Waals surface area contributed by atoms with Crippen molar-refractivity contribution in [2.75, 3.05) is 0 Å². The van der Waals surface area contributed by atoms with Gasteiger partial charge < -0.3 is 4.74 Å². The minimum Gasteiger partial charge on any atom is -0.460 e. The molecule has 1 aliphatic rings. The lowest BCUT2D eigenvalue weighted by Crippen LogP contribution is -2.40. The van der Waals surface area contributed by atoms with Crippen LogP contribution in [0.4, 0.5) is 4.39 Å². The molecule has 0 aliphatic heterocycles. The van der Waals surface area contributed by atoms with Gasteiger partial charge in [0.1, 0.15) is 11.9 Å². The van der Waals surface area contributed by atoms with E-state index in [1.54, 1.807) is 6.07 Å². The van der Waals surface area contributed by atoms with Gasteiger partial charge in [0, 0.05) is 11.6 Å². The highest BCUT2D eigenvalue weighted by Gasteiger charge is 2.26. The van der Waals surface area contributed by atoms with Crippen LogP contribution >= 0.6 is 11.6 Å². The molecule has 9 heteroatoms. The Labute approximate surface area is 156 Å². The molecule has 140 valence electrons. The van der Waals surface area contributed by atoms with Gasteiger partial charge in [0.15, 0.2) is 0 Å². The maximum atomic E-state index is 13.7. The number of benzene rings is 1. The SMILES string of the molecule is O=S(=O)(Cc1ccccc1F)NC1CCC(Oc2ncc(Cl)cn2)CC1. The first-order valence-corrected chi connectivity index (χ1v) is 10.3. The molecule has 26 heavy (non-hydrogen) atoms. The second-order valence-corrected chi connectivity index (χ2v) is 8.43. The van der Waals surface area contributed by atoms with Crippen LogP contribution in [0.15, 0.2) is 36.7 Å². The molecule has 0 radical (unpaired) electrons. The quantitative estimate of drug-likeness (QED) is 0.807. The fraction of sp³-hybridized carbons (Fsp3) is 0.412. The second-order valence-electron chi connectivity index (χ2n) is 6.24. The number of hydrogen-bond donors (Lipinski definition) is 1. The average Bonchev–Trinajstić information content (AvgIpc) is 2.60. The van der Waals surface area contributed by atoms with Crippen molar-refractivity contribution in [1.29, 1.82) is 0 Å². The summed E-state index contributed by atoms with van der Waals surface area (Å²) in [5, 5.41) is 0.435. The molecule has 1 aliphatic carbocycles. The smallest absolute Gasteiger partial charge is 0.316 e. The van der Waals surface area contributed by atoms with Crippen molar-refractivity contribution in [3.05, 3.63) is 53.1 Å². The highest BCUT2D eigenvalue weighted by molar-refractivity contribution is 7.88. The number of hydrogen-bond acceptors (Lipinski definition) is 5. The fourth-order valence-corrected chi connectivity index (χ4v) is 4.49. The molecule has 0 amide bonds. The third kappa shape index (κ3) is 5.36. The zero-order valence-corrected chi connectivity index (χ0v) is 15.5. The molecular formula is C17H19ClFN3O3S. The van der Waals surface area contributed by atoms with Gasteiger partial charge in [-0.15, -0.1) is 0 Å². The minimum absolute atomic E-state index is 0.0662. The normalized spacial score (nSPS) is 20.7. The number of ether oxygens (including phenoxy) is 1. The molecular weight excluding hydrogens is 381 g/mol. The Bertz CT molecular complexity index is 841. The van der Waals surface area contributed by atoms with Crippen molar-refractivity contribution in [2.24, 2.45) is 0 Å². The largest absolute Gasteiger partial charge is 0.460 e. The minimum atomic E-state index is -3.61. The van der Waals surface area contributed by atoms with Crippen molar-refractivity contribution in [2.45, 2.75) is 43.6 Å². The summed E-state index contributed by atoms with van der Waals surface area (Å²) in [7, 11) is -3.61. The second kappa shape index (κ2) is 8.28. The van der Waals surface area contributed by atoms with Crippen molar-refractivity contribution in [3.8, 4) is 6.01 Å². The topological polar surface area (TPSA) is 81.2 Å². The summed E-state index contributed by atoms with van der Waals surface area (Å²) in [6.45, 7) is 0. The van der Waals surface area contributed by atoms with Gasteiger partial charge in [-0.1, -0.05) is 29.8 Å². The summed E-state index contributed by atoms with van der Waals surface area (Å²) in [6, 6.07) is 5.97. The molecule has 0 bridgehead atoms. The van der Waals surface area contributed by atoms with Gasteiger partial charge in [-0.2, -0.15) is 0 Å². The number of nitrogens with one attached hydrogen (secondary N) is 1. The van der Waals surface area contributed by atoms with Gasteiger partial charge in [0.25, 0.3) is 0 Å². The standard InChI is InChI=1S/C17H19ClFN3O3S/c18-13-9-20-17(21-10-13)25-15-7-5-14(6-8-15)22-26(23,24)11-12-3-1-2-4-16(12)19/h1-4,9-10,14-15,22H,5-8,11H2. The summed E-state index contributed by atoms with van der Waals surface area (Å²) in [5.74, 6) is -0.882. The lowest BCUT2D eigenvalue weighted by molar-refractivity contribution is 0.132. The third-order valence-corrected chi connectivity index (χ3v) is 5.77. The molecule has 0 saturated heterocycles. The van der Waals surface area contributed by atoms with Gasteiger partial charge in [-0.05, 0) is 31.7 Å². The molecule has 0 spiro atoms. The predicted molar refractivity (Wildman–Crippen MR) is 95.9 cm³/mol. The Balaban J connectivity index is 1.50. The number of aromatic nitrogens is 2. The van der Waals surface area contributed by atoms with Crippen LogP contribution in [0, 0.1) is 5.82 Å². The van der Waals surface area contributed by atoms with Gasteiger partial charge in [-0.25, -0.2) is 27.5 Å². The maximum Gasteiger partial charge on any atom is 0.316 e. The Hall–Kier alpha value is -1.77. The zero-order valence-electron chi connectivity index (χ0n) is 13.9. The lowest BCUT2D eigenvalue weighted by atomic mass is 9.94. The van der Waals surface area contributed by atoms with E-state index in [0.717, 1.165) is 0 Å². The molecule has 1 saturated carbocycles. The zero-order chi connectivity index (χ0) is 18.6. The first-order chi connectivity index (χ1) is 12.4. The van der Waals surface area contributed by atoms with Gasteiger partial charge >= 0.3 is 6.01 Å². The highest BCUT2D eigenvalue weighted by Crippen LogP contribution is 2.23. The van der Waals surface area contributed by atoms with Crippen LogP contribution in [0.5, 0.6) is 6.01 Å². The molecule has 3 rings (SSSR count). The van der Waals surface area contributed by atoms with Crippen LogP contribution in [0.1, 0.15) is 31.2 Å². The number of rotatable bonds is 6. The summed E-state index contributed by atoms with van der Waals surface area (Å²) < 4.78 is 46.6. The van der Waals surface area contributed by atoms with E-state index in [-0.39, 0.29) is 29.5 Å². The molecule has 0 atom stereocenters. The average molecular weight is 400 g/mol. The molecule has 1 aromatic heterocycles. The first-order valence-electron chi connectivity index (χ1n) is 8.29. The first kappa shape index (κ1) is 19.0. The van der Waals surface area contributed by atoms with Crippen LogP contribution in [-0.2, 0) is 15.8 Å². The van der Waals surface area contributed by atoms with Crippen molar-refractivity contribution >= 4 is 21.6 Å². The molecule has 1 heterocycles. The Morgan fingerprint density at radius 2 is 1.81 bits per heavy atom. The summed E-state index contributed by atoms with van der Waals surface area (Å²) in [6.07, 6.45) is 5.49. The van der Waals surface area contributed by atoms with E-state index in [0.29, 0.717) is 30.7 Å². The Kier molecular flexibility index (Phi) is 6.05. The highest BCUT2D eigenvalue weighted by atomic mass is 35.5. The maximum absolute atomic E-state index is 13.7. The van der Waals surface area contributed by atoms with E-state index in [2.05, 4.69) is 14.7 Å². The fourth-order valence-electron chi connectivity index (χ4n) is 2.92. The van der Waals surface area contributed by atoms with Gasteiger partial charge in [-0.3, -0.25) is 0 Å². The lowest BCUT2D eigenvalue weighted by Gasteiger charge is -2.28. The van der Waals surface area contributed by atoms with Crippen LogP contribution in [-0.4, -0.2) is 30.5 Å². The predicted octanol–water partition coefficient (Wildman–Crippen LogP) is 3.08. The van der Waals surface area contributed by atoms with E-state index in [1.165, 1.54) is 30.6 Å². The van der Waals surface area contributed by atoms with E-state index >= 15 is 0 Å². The van der Waals surface area contributed by atoms with E-state index in [1.807, 2.05) is 0 Å². The molecule has 1 N–H and O–H groups in total. The number of halogens is 2. The van der Waals surface area contributed by atoms with E-state index < -0.39 is 15.8 Å². The number of sulfonamides is 1. The monoisotopic (exact) mass is 399 g/mol. The molecule has 0 unspecified atom stereocenters. The van der Waals surface area contributed by atoms with E-state index in [4.69, 9.17) is 16.3 Å². The Morgan fingerprint density at radius 1 is 1.15 bits per heavy atom. The van der Waals surface area contributed by atoms with Gasteiger partial charge in [0.05, 0.1) is 23.2 Å². The van der Waals surface area contributed by atoms with Crippen molar-refractivity contribution in [3.63, 3.8) is 0 Å². The molecule has 2 aromatic rings. The van der Waals surface area contributed by atoms with Crippen LogP contribution in [0.3, 0.4) is 0 Å². The molecule has 6 nitrogen and oxygen atoms in total. The molecule has 1 aromatic carbocycles. The summed E-state index contributed by atoms with van der Waals surface area (Å²) in [4.78, 5) is 7.99. The van der Waals surface area contributed by atoms with E-state index in [9.17, 15) is 12.8 Å².